The maximum Gasteiger partial charge on any atom is 0.330 e. The molecule has 0 amide bonds. The fourth-order valence-corrected chi connectivity index (χ4v) is 4.29. The molecule has 0 heterocycles. The first-order valence-corrected chi connectivity index (χ1v) is 13.7. The topological polar surface area (TPSA) is 85.2 Å². The van der Waals surface area contributed by atoms with Gasteiger partial charge in [0.15, 0.2) is 0 Å². The molecular formula is C30H50O6. The lowest BCUT2D eigenvalue weighted by atomic mass is 9.81. The summed E-state index contributed by atoms with van der Waals surface area (Å²) in [4.78, 5) is 12.6. The van der Waals surface area contributed by atoms with E-state index in [2.05, 4.69) is 20.8 Å². The van der Waals surface area contributed by atoms with E-state index in [1.165, 1.54) is 38.5 Å². The first kappa shape index (κ1) is 32.1. The molecular weight excluding hydrogens is 456 g/mol. The monoisotopic (exact) mass is 506 g/mol. The van der Waals surface area contributed by atoms with Crippen LogP contribution in [0, 0.1) is 17.3 Å². The number of allylic oxidation sites excluding steroid dienone is 1. The summed E-state index contributed by atoms with van der Waals surface area (Å²) in [5.41, 5.74) is -0.109. The van der Waals surface area contributed by atoms with E-state index >= 15 is 0 Å². The summed E-state index contributed by atoms with van der Waals surface area (Å²) < 4.78 is 16.4. The van der Waals surface area contributed by atoms with Gasteiger partial charge >= 0.3 is 5.97 Å². The van der Waals surface area contributed by atoms with Gasteiger partial charge in [0, 0.05) is 6.08 Å². The third-order valence-corrected chi connectivity index (χ3v) is 6.86. The number of hydrogen-bond donors (Lipinski definition) is 2. The Bertz CT molecular complexity index is 703. The summed E-state index contributed by atoms with van der Waals surface area (Å²) in [6.07, 6.45) is 14.1. The van der Waals surface area contributed by atoms with Crippen molar-refractivity contribution in [3.63, 3.8) is 0 Å². The van der Waals surface area contributed by atoms with Crippen LogP contribution < -0.4 is 4.74 Å². The molecule has 1 atom stereocenters. The lowest BCUT2D eigenvalue weighted by Crippen LogP contribution is -2.40. The van der Waals surface area contributed by atoms with Crippen LogP contribution >= 0.6 is 0 Å². The van der Waals surface area contributed by atoms with Gasteiger partial charge < -0.3 is 24.4 Å². The molecule has 1 aromatic rings. The Labute approximate surface area is 219 Å². The molecule has 36 heavy (non-hydrogen) atoms. The number of rotatable bonds is 21. The number of aliphatic hydroxyl groups is 2. The van der Waals surface area contributed by atoms with Gasteiger partial charge in [-0.15, -0.1) is 0 Å². The van der Waals surface area contributed by atoms with Crippen LogP contribution in [0.25, 0.3) is 0 Å². The molecule has 6 heteroatoms. The van der Waals surface area contributed by atoms with Crippen molar-refractivity contribution < 1.29 is 29.2 Å². The van der Waals surface area contributed by atoms with Crippen LogP contribution in [0.4, 0.5) is 0 Å². The molecule has 2 N–H and O–H groups in total. The zero-order valence-electron chi connectivity index (χ0n) is 23.0. The second-order valence-electron chi connectivity index (χ2n) is 9.97. The lowest BCUT2D eigenvalue weighted by Gasteiger charge is -2.28. The second kappa shape index (κ2) is 19.3. The van der Waals surface area contributed by atoms with Crippen molar-refractivity contribution in [2.45, 2.75) is 85.2 Å². The van der Waals surface area contributed by atoms with Crippen molar-refractivity contribution in [1.82, 2.24) is 0 Å². The summed E-state index contributed by atoms with van der Waals surface area (Å²) in [6.45, 7) is 6.22. The highest BCUT2D eigenvalue weighted by Crippen LogP contribution is 2.30. The van der Waals surface area contributed by atoms with Gasteiger partial charge in [0.1, 0.15) is 12.4 Å². The predicted octanol–water partition coefficient (Wildman–Crippen LogP) is 6.09. The zero-order chi connectivity index (χ0) is 26.7. The van der Waals surface area contributed by atoms with Crippen LogP contribution in [-0.2, 0) is 20.9 Å². The molecule has 0 bridgehead atoms. The number of carbonyl (C=O) groups is 1. The SMILES string of the molecule is CCCCC(C=CC(=O)OCC(CO)(CO)COCc1ccc(OC)cc1)C(CCCC)CCCC. The van der Waals surface area contributed by atoms with Crippen LogP contribution in [0.1, 0.15) is 84.1 Å². The van der Waals surface area contributed by atoms with Gasteiger partial charge in [-0.25, -0.2) is 4.79 Å². The van der Waals surface area contributed by atoms with Crippen molar-refractivity contribution in [3.05, 3.63) is 42.0 Å². The minimum Gasteiger partial charge on any atom is -0.497 e. The molecule has 1 rings (SSSR count). The molecule has 1 unspecified atom stereocenters. The number of aliphatic hydroxyl groups excluding tert-OH is 2. The fourth-order valence-electron chi connectivity index (χ4n) is 4.29. The molecule has 206 valence electrons. The van der Waals surface area contributed by atoms with Gasteiger partial charge in [0.2, 0.25) is 0 Å². The minimum absolute atomic E-state index is 0.0677. The quantitative estimate of drug-likeness (QED) is 0.155. The molecule has 1 aromatic carbocycles. The maximum absolute atomic E-state index is 12.6. The smallest absolute Gasteiger partial charge is 0.330 e. The highest BCUT2D eigenvalue weighted by atomic mass is 16.5. The van der Waals surface area contributed by atoms with Gasteiger partial charge in [-0.05, 0) is 48.8 Å². The number of methoxy groups -OCH3 is 1. The molecule has 0 spiro atoms. The zero-order valence-corrected chi connectivity index (χ0v) is 23.0. The van der Waals surface area contributed by atoms with Gasteiger partial charge in [0.25, 0.3) is 0 Å². The Morgan fingerprint density at radius 1 is 0.917 bits per heavy atom. The Morgan fingerprint density at radius 2 is 1.50 bits per heavy atom. The Hall–Kier alpha value is -1.89. The average Bonchev–Trinajstić information content (AvgIpc) is 2.91. The van der Waals surface area contributed by atoms with E-state index in [9.17, 15) is 15.0 Å². The van der Waals surface area contributed by atoms with Gasteiger partial charge in [0.05, 0.1) is 39.0 Å². The average molecular weight is 507 g/mol. The lowest BCUT2D eigenvalue weighted by molar-refractivity contribution is -0.147. The maximum atomic E-state index is 12.6. The molecule has 0 radical (unpaired) electrons. The van der Waals surface area contributed by atoms with E-state index in [1.807, 2.05) is 30.3 Å². The van der Waals surface area contributed by atoms with Crippen molar-refractivity contribution in [2.75, 3.05) is 33.5 Å². The molecule has 0 aliphatic rings. The summed E-state index contributed by atoms with van der Waals surface area (Å²) >= 11 is 0. The van der Waals surface area contributed by atoms with Crippen LogP contribution in [0.15, 0.2) is 36.4 Å². The number of esters is 1. The summed E-state index contributed by atoms with van der Waals surface area (Å²) in [5, 5.41) is 19.9. The highest BCUT2D eigenvalue weighted by Gasteiger charge is 2.31. The number of hydrogen-bond acceptors (Lipinski definition) is 6. The Morgan fingerprint density at radius 3 is 2.03 bits per heavy atom. The van der Waals surface area contributed by atoms with Crippen LogP contribution in [0.5, 0.6) is 5.75 Å². The third-order valence-electron chi connectivity index (χ3n) is 6.86. The minimum atomic E-state index is -1.05. The third kappa shape index (κ3) is 12.4. The number of benzene rings is 1. The van der Waals surface area contributed by atoms with Gasteiger partial charge in [-0.2, -0.15) is 0 Å². The predicted molar refractivity (Wildman–Crippen MR) is 145 cm³/mol. The fraction of sp³-hybridized carbons (Fsp3) is 0.700. The molecule has 0 fully saturated rings. The van der Waals surface area contributed by atoms with Crippen molar-refractivity contribution in [3.8, 4) is 5.75 Å². The van der Waals surface area contributed by atoms with Gasteiger partial charge in [-0.3, -0.25) is 0 Å². The first-order valence-electron chi connectivity index (χ1n) is 13.7. The second-order valence-corrected chi connectivity index (χ2v) is 9.97. The Balaban J connectivity index is 2.70. The van der Waals surface area contributed by atoms with E-state index in [4.69, 9.17) is 14.2 Å². The van der Waals surface area contributed by atoms with Crippen LogP contribution in [0.3, 0.4) is 0 Å². The van der Waals surface area contributed by atoms with Crippen molar-refractivity contribution in [1.29, 1.82) is 0 Å². The van der Waals surface area contributed by atoms with E-state index in [0.29, 0.717) is 18.4 Å². The normalized spacial score (nSPS) is 12.9. The molecule has 6 nitrogen and oxygen atoms in total. The molecule has 0 aromatic heterocycles. The van der Waals surface area contributed by atoms with E-state index in [-0.39, 0.29) is 26.4 Å². The van der Waals surface area contributed by atoms with Crippen LogP contribution in [-0.4, -0.2) is 49.7 Å². The summed E-state index contributed by atoms with van der Waals surface area (Å²) in [6, 6.07) is 7.49. The molecule has 0 aliphatic heterocycles. The van der Waals surface area contributed by atoms with Crippen molar-refractivity contribution >= 4 is 5.97 Å². The largest absolute Gasteiger partial charge is 0.497 e. The van der Waals surface area contributed by atoms with E-state index in [0.717, 1.165) is 30.6 Å². The molecule has 0 saturated heterocycles. The Kier molecular flexibility index (Phi) is 17.2. The summed E-state index contributed by atoms with van der Waals surface area (Å²) in [7, 11) is 1.61. The van der Waals surface area contributed by atoms with Gasteiger partial charge in [-0.1, -0.05) is 77.5 Å². The summed E-state index contributed by atoms with van der Waals surface area (Å²) in [5.74, 6) is 1.27. The van der Waals surface area contributed by atoms with E-state index in [1.54, 1.807) is 13.2 Å². The van der Waals surface area contributed by atoms with Crippen molar-refractivity contribution in [2.24, 2.45) is 17.3 Å². The van der Waals surface area contributed by atoms with Crippen LogP contribution in [0.2, 0.25) is 0 Å². The highest BCUT2D eigenvalue weighted by molar-refractivity contribution is 5.81. The molecule has 0 aliphatic carbocycles. The molecule has 0 saturated carbocycles. The number of carbonyl (C=O) groups excluding carboxylic acids is 1. The standard InChI is InChI=1S/C30H50O6/c1-5-8-11-26(12-9-6-2)27(13-10-7-3)16-19-29(33)36-24-30(21-31,22-32)23-35-20-25-14-17-28(34-4)18-15-25/h14-19,26-27,31-32H,5-13,20-24H2,1-4H3. The first-order chi connectivity index (χ1) is 17.5. The number of unbranched alkanes of at least 4 members (excludes halogenated alkanes) is 3. The number of ether oxygens (including phenoxy) is 3. The van der Waals surface area contributed by atoms with E-state index < -0.39 is 11.4 Å².